The average Bonchev–Trinajstić information content (AvgIpc) is 2.61. The van der Waals surface area contributed by atoms with Gasteiger partial charge in [-0.25, -0.2) is 0 Å². The van der Waals surface area contributed by atoms with Crippen LogP contribution in [0.5, 0.6) is 5.75 Å². The molecule has 0 saturated heterocycles. The molecule has 0 radical (unpaired) electrons. The van der Waals surface area contributed by atoms with Crippen molar-refractivity contribution in [2.75, 3.05) is 10.6 Å². The summed E-state index contributed by atoms with van der Waals surface area (Å²) < 4.78 is 5.87. The van der Waals surface area contributed by atoms with Crippen LogP contribution < -0.4 is 15.4 Å². The first-order chi connectivity index (χ1) is 12.5. The van der Waals surface area contributed by atoms with E-state index < -0.39 is 6.10 Å². The van der Waals surface area contributed by atoms with Crippen LogP contribution in [0.3, 0.4) is 0 Å². The predicted molar refractivity (Wildman–Crippen MR) is 103 cm³/mol. The van der Waals surface area contributed by atoms with E-state index in [0.29, 0.717) is 17.1 Å². The molecule has 1 unspecified atom stereocenters. The van der Waals surface area contributed by atoms with E-state index in [4.69, 9.17) is 4.74 Å². The molecule has 1 atom stereocenters. The molecule has 0 aromatic heterocycles. The monoisotopic (exact) mass is 348 g/mol. The first-order valence-corrected chi connectivity index (χ1v) is 8.36. The second-order valence-electron chi connectivity index (χ2n) is 5.99. The molecule has 5 heteroatoms. The molecule has 5 nitrogen and oxygen atoms in total. The molecule has 2 N–H and O–H groups in total. The Morgan fingerprint density at radius 1 is 0.885 bits per heavy atom. The number of carbonyl (C=O) groups is 2. The lowest BCUT2D eigenvalue weighted by atomic mass is 10.1. The Kier molecular flexibility index (Phi) is 5.17. The van der Waals surface area contributed by atoms with Crippen molar-refractivity contribution < 1.29 is 14.3 Å². The summed E-state index contributed by atoms with van der Waals surface area (Å²) in [6, 6.07) is 20.6. The van der Waals surface area contributed by atoms with E-state index in [-0.39, 0.29) is 11.8 Å². The molecule has 3 aromatic rings. The van der Waals surface area contributed by atoms with Crippen molar-refractivity contribution in [3.05, 3.63) is 66.7 Å². The molecule has 3 aromatic carbocycles. The maximum Gasteiger partial charge on any atom is 0.265 e. The molecule has 0 fully saturated rings. The number of carbonyl (C=O) groups excluding carboxylic acids is 2. The predicted octanol–water partition coefficient (Wildman–Crippen LogP) is 4.20. The minimum absolute atomic E-state index is 0.166. The van der Waals surface area contributed by atoms with Crippen LogP contribution in [-0.4, -0.2) is 17.9 Å². The van der Waals surface area contributed by atoms with Gasteiger partial charge < -0.3 is 15.4 Å². The zero-order valence-electron chi connectivity index (χ0n) is 14.7. The molecule has 0 aliphatic carbocycles. The largest absolute Gasteiger partial charge is 0.480 e. The first-order valence-electron chi connectivity index (χ1n) is 8.36. The van der Waals surface area contributed by atoms with Crippen molar-refractivity contribution in [3.63, 3.8) is 0 Å². The van der Waals surface area contributed by atoms with E-state index in [1.807, 2.05) is 42.5 Å². The van der Waals surface area contributed by atoms with Gasteiger partial charge >= 0.3 is 0 Å². The standard InChI is InChI=1S/C21H20N2O3/c1-14(26-20-12-5-8-16-7-3-4-11-19(16)20)21(25)23-18-10-6-9-17(13-18)22-15(2)24/h3-14H,1-2H3,(H,22,24)(H,23,25). The smallest absolute Gasteiger partial charge is 0.265 e. The van der Waals surface area contributed by atoms with Gasteiger partial charge in [-0.15, -0.1) is 0 Å². The summed E-state index contributed by atoms with van der Waals surface area (Å²) in [6.07, 6.45) is -0.676. The highest BCUT2D eigenvalue weighted by molar-refractivity contribution is 5.96. The lowest BCUT2D eigenvalue weighted by Crippen LogP contribution is -2.30. The third-order valence-corrected chi connectivity index (χ3v) is 3.87. The molecule has 0 aliphatic heterocycles. The number of hydrogen-bond acceptors (Lipinski definition) is 3. The Morgan fingerprint density at radius 3 is 2.31 bits per heavy atom. The molecule has 0 heterocycles. The highest BCUT2D eigenvalue weighted by Crippen LogP contribution is 2.26. The van der Waals surface area contributed by atoms with Crippen LogP contribution >= 0.6 is 0 Å². The van der Waals surface area contributed by atoms with Crippen LogP contribution in [0.15, 0.2) is 66.7 Å². The number of ether oxygens (including phenoxy) is 1. The fourth-order valence-electron chi connectivity index (χ4n) is 2.66. The molecule has 132 valence electrons. The zero-order chi connectivity index (χ0) is 18.5. The van der Waals surface area contributed by atoms with E-state index in [2.05, 4.69) is 10.6 Å². The second-order valence-corrected chi connectivity index (χ2v) is 5.99. The average molecular weight is 348 g/mol. The highest BCUT2D eigenvalue weighted by Gasteiger charge is 2.16. The van der Waals surface area contributed by atoms with Crippen LogP contribution in [0.2, 0.25) is 0 Å². The second kappa shape index (κ2) is 7.70. The lowest BCUT2D eigenvalue weighted by Gasteiger charge is -2.16. The van der Waals surface area contributed by atoms with Gasteiger partial charge in [-0.1, -0.05) is 42.5 Å². The maximum absolute atomic E-state index is 12.5. The van der Waals surface area contributed by atoms with Crippen molar-refractivity contribution >= 4 is 34.0 Å². The summed E-state index contributed by atoms with van der Waals surface area (Å²) in [4.78, 5) is 23.6. The fraction of sp³-hybridized carbons (Fsp3) is 0.143. The number of fused-ring (bicyclic) bond motifs is 1. The Morgan fingerprint density at radius 2 is 1.54 bits per heavy atom. The summed E-state index contributed by atoms with van der Waals surface area (Å²) in [5.74, 6) is 0.233. The summed E-state index contributed by atoms with van der Waals surface area (Å²) >= 11 is 0. The summed E-state index contributed by atoms with van der Waals surface area (Å²) in [6.45, 7) is 3.14. The molecule has 0 saturated carbocycles. The lowest BCUT2D eigenvalue weighted by molar-refractivity contribution is -0.122. The third kappa shape index (κ3) is 4.19. The van der Waals surface area contributed by atoms with Gasteiger partial charge in [0.2, 0.25) is 5.91 Å². The van der Waals surface area contributed by atoms with Gasteiger partial charge in [0.25, 0.3) is 5.91 Å². The van der Waals surface area contributed by atoms with E-state index in [0.717, 1.165) is 10.8 Å². The van der Waals surface area contributed by atoms with Crippen LogP contribution in [0.4, 0.5) is 11.4 Å². The van der Waals surface area contributed by atoms with Crippen molar-refractivity contribution in [1.82, 2.24) is 0 Å². The van der Waals surface area contributed by atoms with E-state index in [1.165, 1.54) is 6.92 Å². The normalized spacial score (nSPS) is 11.6. The number of hydrogen-bond donors (Lipinski definition) is 2. The number of anilines is 2. The minimum Gasteiger partial charge on any atom is -0.480 e. The van der Waals surface area contributed by atoms with Crippen molar-refractivity contribution in [3.8, 4) is 5.75 Å². The topological polar surface area (TPSA) is 67.4 Å². The van der Waals surface area contributed by atoms with Gasteiger partial charge in [0.05, 0.1) is 0 Å². The molecule has 0 spiro atoms. The van der Waals surface area contributed by atoms with Crippen LogP contribution in [0, 0.1) is 0 Å². The summed E-state index contributed by atoms with van der Waals surface area (Å²) in [5, 5.41) is 7.51. The molecule has 0 aliphatic rings. The first kappa shape index (κ1) is 17.5. The molecule has 0 bridgehead atoms. The number of nitrogens with one attached hydrogen (secondary N) is 2. The molecular weight excluding hydrogens is 328 g/mol. The van der Waals surface area contributed by atoms with Crippen LogP contribution in [0.25, 0.3) is 10.8 Å². The Labute approximate surface area is 152 Å². The number of rotatable bonds is 5. The number of amides is 2. The zero-order valence-corrected chi connectivity index (χ0v) is 14.7. The SMILES string of the molecule is CC(=O)Nc1cccc(NC(=O)C(C)Oc2cccc3ccccc23)c1. The molecule has 3 rings (SSSR count). The van der Waals surface area contributed by atoms with Crippen molar-refractivity contribution in [2.24, 2.45) is 0 Å². The van der Waals surface area contributed by atoms with E-state index >= 15 is 0 Å². The van der Waals surface area contributed by atoms with Gasteiger partial charge in [0, 0.05) is 23.7 Å². The number of benzene rings is 3. The summed E-state index contributed by atoms with van der Waals surface area (Å²) in [5.41, 5.74) is 1.22. The van der Waals surface area contributed by atoms with E-state index in [9.17, 15) is 9.59 Å². The van der Waals surface area contributed by atoms with E-state index in [1.54, 1.807) is 31.2 Å². The maximum atomic E-state index is 12.5. The molecule has 2 amide bonds. The van der Waals surface area contributed by atoms with Gasteiger partial charge in [-0.2, -0.15) is 0 Å². The Balaban J connectivity index is 1.71. The molecular formula is C21H20N2O3. The van der Waals surface area contributed by atoms with Crippen LogP contribution in [-0.2, 0) is 9.59 Å². The fourth-order valence-corrected chi connectivity index (χ4v) is 2.66. The summed E-state index contributed by atoms with van der Waals surface area (Å²) in [7, 11) is 0. The van der Waals surface area contributed by atoms with Crippen molar-refractivity contribution in [2.45, 2.75) is 20.0 Å². The van der Waals surface area contributed by atoms with Crippen molar-refractivity contribution in [1.29, 1.82) is 0 Å². The minimum atomic E-state index is -0.676. The van der Waals surface area contributed by atoms with Gasteiger partial charge in [-0.3, -0.25) is 9.59 Å². The third-order valence-electron chi connectivity index (χ3n) is 3.87. The Hall–Kier alpha value is -3.34. The van der Waals surface area contributed by atoms with Gasteiger partial charge in [0.1, 0.15) is 5.75 Å². The molecule has 26 heavy (non-hydrogen) atoms. The van der Waals surface area contributed by atoms with Gasteiger partial charge in [0.15, 0.2) is 6.10 Å². The van der Waals surface area contributed by atoms with Gasteiger partial charge in [-0.05, 0) is 36.6 Å². The quantitative estimate of drug-likeness (QED) is 0.726. The Bertz CT molecular complexity index is 947. The highest BCUT2D eigenvalue weighted by atomic mass is 16.5. The van der Waals surface area contributed by atoms with Crippen LogP contribution in [0.1, 0.15) is 13.8 Å².